The van der Waals surface area contributed by atoms with E-state index in [-0.39, 0.29) is 5.56 Å². The van der Waals surface area contributed by atoms with Gasteiger partial charge in [-0.1, -0.05) is 36.0 Å². The molecule has 3 aromatic heterocycles. The first-order valence-corrected chi connectivity index (χ1v) is 8.66. The van der Waals surface area contributed by atoms with Crippen molar-refractivity contribution < 1.29 is 0 Å². The summed E-state index contributed by atoms with van der Waals surface area (Å²) in [5.41, 5.74) is 3.58. The van der Waals surface area contributed by atoms with Crippen LogP contribution in [0.5, 0.6) is 0 Å². The van der Waals surface area contributed by atoms with Crippen LogP contribution in [0.25, 0.3) is 16.6 Å². The van der Waals surface area contributed by atoms with Crippen LogP contribution in [-0.4, -0.2) is 14.4 Å². The first-order chi connectivity index (χ1) is 11.7. The van der Waals surface area contributed by atoms with Gasteiger partial charge in [-0.15, -0.1) is 0 Å². The molecule has 0 aliphatic carbocycles. The van der Waals surface area contributed by atoms with Gasteiger partial charge in [-0.05, 0) is 36.8 Å². The second kappa shape index (κ2) is 6.09. The van der Waals surface area contributed by atoms with Gasteiger partial charge in [0.2, 0.25) is 0 Å². The molecule has 0 radical (unpaired) electrons. The van der Waals surface area contributed by atoms with Gasteiger partial charge in [0.25, 0.3) is 5.56 Å². The van der Waals surface area contributed by atoms with E-state index in [1.165, 1.54) is 10.9 Å². The average Bonchev–Trinajstić information content (AvgIpc) is 2.60. The second-order valence-corrected chi connectivity index (χ2v) is 6.59. The molecule has 0 aliphatic rings. The number of hydrogen-bond donors (Lipinski definition) is 0. The van der Waals surface area contributed by atoms with Crippen LogP contribution in [0.3, 0.4) is 0 Å². The van der Waals surface area contributed by atoms with E-state index < -0.39 is 0 Å². The predicted molar refractivity (Wildman–Crippen MR) is 97.5 cm³/mol. The molecular weight excluding hydrogens is 318 g/mol. The van der Waals surface area contributed by atoms with Gasteiger partial charge in [-0.2, -0.15) is 0 Å². The SMILES string of the molecule is Cc1cc(SCc2cc(=O)n3ccccc3n2)nc2ccccc12. The van der Waals surface area contributed by atoms with Crippen LogP contribution in [0, 0.1) is 6.92 Å². The van der Waals surface area contributed by atoms with Gasteiger partial charge in [-0.25, -0.2) is 9.97 Å². The number of rotatable bonds is 3. The Bertz CT molecular complexity index is 1100. The fourth-order valence-corrected chi connectivity index (χ4v) is 3.58. The van der Waals surface area contributed by atoms with E-state index in [0.717, 1.165) is 16.2 Å². The lowest BCUT2D eigenvalue weighted by atomic mass is 10.1. The van der Waals surface area contributed by atoms with E-state index in [0.29, 0.717) is 11.4 Å². The third-order valence-electron chi connectivity index (χ3n) is 3.89. The van der Waals surface area contributed by atoms with Crippen LogP contribution >= 0.6 is 11.8 Å². The van der Waals surface area contributed by atoms with Crippen molar-refractivity contribution in [2.75, 3.05) is 0 Å². The minimum Gasteiger partial charge on any atom is -0.269 e. The van der Waals surface area contributed by atoms with Crippen molar-refractivity contribution >= 4 is 28.3 Å². The lowest BCUT2D eigenvalue weighted by Crippen LogP contribution is -2.14. The van der Waals surface area contributed by atoms with Gasteiger partial charge in [0.15, 0.2) is 0 Å². The molecule has 0 aliphatic heterocycles. The Morgan fingerprint density at radius 1 is 1.04 bits per heavy atom. The molecule has 0 atom stereocenters. The fraction of sp³-hybridized carbons (Fsp3) is 0.105. The Labute approximate surface area is 143 Å². The Morgan fingerprint density at radius 3 is 2.79 bits per heavy atom. The van der Waals surface area contributed by atoms with Crippen LogP contribution in [0.4, 0.5) is 0 Å². The number of pyridine rings is 2. The van der Waals surface area contributed by atoms with Crippen molar-refractivity contribution in [1.29, 1.82) is 0 Å². The molecule has 0 saturated heterocycles. The number of hydrogen-bond acceptors (Lipinski definition) is 4. The standard InChI is InChI=1S/C19H15N3OS/c1-13-10-18(21-16-7-3-2-6-15(13)16)24-12-14-11-19(23)22-9-5-4-8-17(22)20-14/h2-11H,12H2,1H3. The number of benzene rings is 1. The third-order valence-corrected chi connectivity index (χ3v) is 4.84. The van der Waals surface area contributed by atoms with E-state index in [4.69, 9.17) is 0 Å². The van der Waals surface area contributed by atoms with Crippen molar-refractivity contribution in [3.05, 3.63) is 82.4 Å². The lowest BCUT2D eigenvalue weighted by Gasteiger charge is -2.07. The molecule has 0 saturated carbocycles. The number of para-hydroxylation sites is 1. The number of aromatic nitrogens is 3. The smallest absolute Gasteiger partial charge is 0.258 e. The monoisotopic (exact) mass is 333 g/mol. The summed E-state index contributed by atoms with van der Waals surface area (Å²) in [6.45, 7) is 2.09. The highest BCUT2D eigenvalue weighted by molar-refractivity contribution is 7.98. The Hall–Kier alpha value is -2.66. The number of fused-ring (bicyclic) bond motifs is 2. The highest BCUT2D eigenvalue weighted by Gasteiger charge is 2.06. The molecule has 0 amide bonds. The van der Waals surface area contributed by atoms with Gasteiger partial charge in [0.05, 0.1) is 16.2 Å². The van der Waals surface area contributed by atoms with Gasteiger partial charge < -0.3 is 0 Å². The molecule has 0 fully saturated rings. The summed E-state index contributed by atoms with van der Waals surface area (Å²) in [4.78, 5) is 21.4. The maximum atomic E-state index is 12.1. The predicted octanol–water partition coefficient (Wildman–Crippen LogP) is 3.84. The quantitative estimate of drug-likeness (QED) is 0.534. The number of aryl methyl sites for hydroxylation is 1. The summed E-state index contributed by atoms with van der Waals surface area (Å²) in [6, 6.07) is 17.3. The zero-order valence-electron chi connectivity index (χ0n) is 13.1. The molecule has 118 valence electrons. The first-order valence-electron chi connectivity index (χ1n) is 7.67. The van der Waals surface area contributed by atoms with E-state index in [9.17, 15) is 4.79 Å². The minimum absolute atomic E-state index is 0.0566. The maximum Gasteiger partial charge on any atom is 0.258 e. The minimum atomic E-state index is -0.0566. The zero-order valence-corrected chi connectivity index (χ0v) is 14.0. The topological polar surface area (TPSA) is 47.3 Å². The van der Waals surface area contributed by atoms with Crippen LogP contribution in [0.2, 0.25) is 0 Å². The van der Waals surface area contributed by atoms with Crippen molar-refractivity contribution in [2.24, 2.45) is 0 Å². The van der Waals surface area contributed by atoms with E-state index in [1.54, 1.807) is 28.4 Å². The highest BCUT2D eigenvalue weighted by Crippen LogP contribution is 2.25. The average molecular weight is 333 g/mol. The van der Waals surface area contributed by atoms with Crippen molar-refractivity contribution in [3.8, 4) is 0 Å². The molecule has 4 nitrogen and oxygen atoms in total. The largest absolute Gasteiger partial charge is 0.269 e. The van der Waals surface area contributed by atoms with E-state index >= 15 is 0 Å². The molecule has 0 bridgehead atoms. The molecule has 4 aromatic rings. The van der Waals surface area contributed by atoms with Gasteiger partial charge >= 0.3 is 0 Å². The summed E-state index contributed by atoms with van der Waals surface area (Å²) in [5, 5.41) is 2.12. The second-order valence-electron chi connectivity index (χ2n) is 5.60. The summed E-state index contributed by atoms with van der Waals surface area (Å²) in [5.74, 6) is 0.616. The third kappa shape index (κ3) is 2.78. The summed E-state index contributed by atoms with van der Waals surface area (Å²) in [6.07, 6.45) is 1.73. The highest BCUT2D eigenvalue weighted by atomic mass is 32.2. The van der Waals surface area contributed by atoms with E-state index in [2.05, 4.69) is 29.0 Å². The molecule has 24 heavy (non-hydrogen) atoms. The molecule has 0 unspecified atom stereocenters. The summed E-state index contributed by atoms with van der Waals surface area (Å²) >= 11 is 1.60. The first kappa shape index (κ1) is 14.9. The summed E-state index contributed by atoms with van der Waals surface area (Å²) < 4.78 is 1.55. The Morgan fingerprint density at radius 2 is 1.88 bits per heavy atom. The van der Waals surface area contributed by atoms with Gasteiger partial charge in [-0.3, -0.25) is 9.20 Å². The van der Waals surface area contributed by atoms with Crippen LogP contribution in [0.1, 0.15) is 11.3 Å². The molecule has 3 heterocycles. The molecular formula is C19H15N3OS. The van der Waals surface area contributed by atoms with Crippen molar-refractivity contribution in [1.82, 2.24) is 14.4 Å². The molecule has 1 aromatic carbocycles. The fourth-order valence-electron chi connectivity index (χ4n) is 2.72. The zero-order chi connectivity index (χ0) is 16.5. The van der Waals surface area contributed by atoms with Gasteiger partial charge in [0, 0.05) is 23.4 Å². The lowest BCUT2D eigenvalue weighted by molar-refractivity contribution is 1.01. The molecule has 4 rings (SSSR count). The number of thioether (sulfide) groups is 1. The molecule has 0 spiro atoms. The van der Waals surface area contributed by atoms with Crippen molar-refractivity contribution in [2.45, 2.75) is 17.7 Å². The van der Waals surface area contributed by atoms with Crippen LogP contribution < -0.4 is 5.56 Å². The summed E-state index contributed by atoms with van der Waals surface area (Å²) in [7, 11) is 0. The molecule has 5 heteroatoms. The Balaban J connectivity index is 1.64. The Kier molecular flexibility index (Phi) is 3.78. The molecule has 0 N–H and O–H groups in total. The van der Waals surface area contributed by atoms with Crippen LogP contribution in [-0.2, 0) is 5.75 Å². The maximum absolute atomic E-state index is 12.1. The number of nitrogens with zero attached hydrogens (tertiary/aromatic N) is 3. The normalized spacial score (nSPS) is 11.2. The van der Waals surface area contributed by atoms with E-state index in [1.807, 2.05) is 36.4 Å². The van der Waals surface area contributed by atoms with Gasteiger partial charge in [0.1, 0.15) is 5.65 Å². The van der Waals surface area contributed by atoms with Crippen LogP contribution in [0.15, 0.2) is 70.6 Å². The van der Waals surface area contributed by atoms with Crippen molar-refractivity contribution in [3.63, 3.8) is 0 Å².